The largest absolute Gasteiger partial charge is 0.376 e. The first-order valence-electron chi connectivity index (χ1n) is 7.88. The average Bonchev–Trinajstić information content (AvgIpc) is 3.03. The number of hydrogen-bond acceptors (Lipinski definition) is 4. The quantitative estimate of drug-likeness (QED) is 0.746. The van der Waals surface area contributed by atoms with E-state index in [0.29, 0.717) is 19.8 Å². The first-order chi connectivity index (χ1) is 11.3. The lowest BCUT2D eigenvalue weighted by Crippen LogP contribution is -2.32. The van der Waals surface area contributed by atoms with E-state index >= 15 is 0 Å². The molecule has 3 aromatic rings. The third kappa shape index (κ3) is 2.73. The molecule has 1 aromatic carbocycles. The third-order valence-corrected chi connectivity index (χ3v) is 4.22. The summed E-state index contributed by atoms with van der Waals surface area (Å²) < 4.78 is 13.4. The molecule has 1 atom stereocenters. The minimum atomic E-state index is 0.0742. The number of aromatic nitrogens is 3. The van der Waals surface area contributed by atoms with Gasteiger partial charge in [-0.2, -0.15) is 0 Å². The Hall–Kier alpha value is -2.24. The van der Waals surface area contributed by atoms with Gasteiger partial charge in [0.25, 0.3) is 0 Å². The Kier molecular flexibility index (Phi) is 3.81. The molecule has 0 N–H and O–H groups in total. The van der Waals surface area contributed by atoms with E-state index in [-0.39, 0.29) is 6.10 Å². The number of pyridine rings is 1. The standard InChI is InChI=1S/C18H19N3O2/c1-13-4-5-16-15(3-2-6-19-16)17(13)18-20-7-8-21(18)11-14-12-22-9-10-23-14/h2-8,14H,9-12H2,1H3. The van der Waals surface area contributed by atoms with Crippen LogP contribution in [0.3, 0.4) is 0 Å². The Morgan fingerprint density at radius 1 is 1.17 bits per heavy atom. The molecule has 23 heavy (non-hydrogen) atoms. The van der Waals surface area contributed by atoms with E-state index in [4.69, 9.17) is 9.47 Å². The molecule has 1 unspecified atom stereocenters. The minimum absolute atomic E-state index is 0.0742. The van der Waals surface area contributed by atoms with Gasteiger partial charge in [-0.3, -0.25) is 4.98 Å². The smallest absolute Gasteiger partial charge is 0.140 e. The summed E-state index contributed by atoms with van der Waals surface area (Å²) in [6.45, 7) is 4.83. The summed E-state index contributed by atoms with van der Waals surface area (Å²) in [5, 5.41) is 1.13. The number of fused-ring (bicyclic) bond motifs is 1. The average molecular weight is 309 g/mol. The van der Waals surface area contributed by atoms with Crippen molar-refractivity contribution >= 4 is 10.9 Å². The maximum Gasteiger partial charge on any atom is 0.140 e. The second kappa shape index (κ2) is 6.10. The molecule has 1 aliphatic heterocycles. The van der Waals surface area contributed by atoms with Crippen LogP contribution in [0.1, 0.15) is 5.56 Å². The third-order valence-electron chi connectivity index (χ3n) is 4.22. The topological polar surface area (TPSA) is 49.2 Å². The van der Waals surface area contributed by atoms with Crippen LogP contribution in [0.15, 0.2) is 42.9 Å². The van der Waals surface area contributed by atoms with Crippen molar-refractivity contribution in [3.63, 3.8) is 0 Å². The molecule has 1 fully saturated rings. The molecule has 0 bridgehead atoms. The van der Waals surface area contributed by atoms with Crippen LogP contribution in [0.25, 0.3) is 22.3 Å². The Morgan fingerprint density at radius 3 is 3.00 bits per heavy atom. The molecule has 3 heterocycles. The SMILES string of the molecule is Cc1ccc2ncccc2c1-c1nccn1CC1COCCO1. The summed E-state index contributed by atoms with van der Waals surface area (Å²) in [6, 6.07) is 8.23. The van der Waals surface area contributed by atoms with Crippen LogP contribution in [0.4, 0.5) is 0 Å². The van der Waals surface area contributed by atoms with Gasteiger partial charge >= 0.3 is 0 Å². The summed E-state index contributed by atoms with van der Waals surface area (Å²) in [5.41, 5.74) is 3.32. The van der Waals surface area contributed by atoms with Crippen molar-refractivity contribution in [1.29, 1.82) is 0 Å². The van der Waals surface area contributed by atoms with Gasteiger partial charge in [-0.05, 0) is 24.6 Å². The molecule has 0 spiro atoms. The highest BCUT2D eigenvalue weighted by Gasteiger charge is 2.18. The van der Waals surface area contributed by atoms with Crippen LogP contribution in [0.2, 0.25) is 0 Å². The lowest BCUT2D eigenvalue weighted by atomic mass is 10.0. The van der Waals surface area contributed by atoms with Crippen LogP contribution in [0, 0.1) is 6.92 Å². The molecule has 1 saturated heterocycles. The molecule has 0 radical (unpaired) electrons. The van der Waals surface area contributed by atoms with Crippen LogP contribution in [0.5, 0.6) is 0 Å². The predicted molar refractivity (Wildman–Crippen MR) is 88.3 cm³/mol. The summed E-state index contributed by atoms with van der Waals surface area (Å²) in [6.07, 6.45) is 5.74. The van der Waals surface area contributed by atoms with E-state index in [2.05, 4.69) is 39.7 Å². The Morgan fingerprint density at radius 2 is 2.13 bits per heavy atom. The van der Waals surface area contributed by atoms with E-state index in [1.54, 1.807) is 0 Å². The van der Waals surface area contributed by atoms with Gasteiger partial charge in [0.1, 0.15) is 5.82 Å². The van der Waals surface area contributed by atoms with Crippen molar-refractivity contribution < 1.29 is 9.47 Å². The molecule has 0 aliphatic carbocycles. The van der Waals surface area contributed by atoms with Gasteiger partial charge < -0.3 is 14.0 Å². The Bertz CT molecular complexity index is 822. The molecular formula is C18H19N3O2. The monoisotopic (exact) mass is 309 g/mol. The summed E-state index contributed by atoms with van der Waals surface area (Å²) in [7, 11) is 0. The second-order valence-corrected chi connectivity index (χ2v) is 5.80. The van der Waals surface area contributed by atoms with Gasteiger partial charge in [0.05, 0.1) is 38.0 Å². The number of rotatable bonds is 3. The highest BCUT2D eigenvalue weighted by Crippen LogP contribution is 2.30. The zero-order valence-corrected chi connectivity index (χ0v) is 13.1. The van der Waals surface area contributed by atoms with Gasteiger partial charge in [0.2, 0.25) is 0 Å². The molecule has 5 heteroatoms. The van der Waals surface area contributed by atoms with Crippen LogP contribution < -0.4 is 0 Å². The first-order valence-corrected chi connectivity index (χ1v) is 7.88. The Balaban J connectivity index is 1.77. The molecule has 0 amide bonds. The van der Waals surface area contributed by atoms with E-state index in [9.17, 15) is 0 Å². The van der Waals surface area contributed by atoms with Gasteiger partial charge in [0, 0.05) is 29.5 Å². The highest BCUT2D eigenvalue weighted by atomic mass is 16.6. The summed E-state index contributed by atoms with van der Waals surface area (Å²) >= 11 is 0. The maximum atomic E-state index is 5.77. The number of imidazole rings is 1. The lowest BCUT2D eigenvalue weighted by molar-refractivity contribution is -0.0934. The number of hydrogen-bond donors (Lipinski definition) is 0. The van der Waals surface area contributed by atoms with E-state index in [0.717, 1.165) is 28.8 Å². The number of aryl methyl sites for hydroxylation is 1. The van der Waals surface area contributed by atoms with Gasteiger partial charge in [-0.15, -0.1) is 0 Å². The zero-order chi connectivity index (χ0) is 15.6. The fraction of sp³-hybridized carbons (Fsp3) is 0.333. The summed E-state index contributed by atoms with van der Waals surface area (Å²) in [4.78, 5) is 9.06. The van der Waals surface area contributed by atoms with Gasteiger partial charge in [-0.25, -0.2) is 4.98 Å². The second-order valence-electron chi connectivity index (χ2n) is 5.80. The van der Waals surface area contributed by atoms with Gasteiger partial charge in [0.15, 0.2) is 0 Å². The number of benzene rings is 1. The van der Waals surface area contributed by atoms with Crippen molar-refractivity contribution in [3.8, 4) is 11.4 Å². The predicted octanol–water partition coefficient (Wildman–Crippen LogP) is 2.82. The lowest BCUT2D eigenvalue weighted by Gasteiger charge is -2.24. The van der Waals surface area contributed by atoms with Crippen molar-refractivity contribution in [1.82, 2.24) is 14.5 Å². The van der Waals surface area contributed by atoms with Crippen LogP contribution >= 0.6 is 0 Å². The summed E-state index contributed by atoms with van der Waals surface area (Å²) in [5.74, 6) is 0.954. The fourth-order valence-corrected chi connectivity index (χ4v) is 3.10. The van der Waals surface area contributed by atoms with Crippen molar-refractivity contribution in [3.05, 3.63) is 48.4 Å². The molecular weight excluding hydrogens is 290 g/mol. The van der Waals surface area contributed by atoms with E-state index in [1.807, 2.05) is 24.7 Å². The van der Waals surface area contributed by atoms with Crippen molar-refractivity contribution in [2.75, 3.05) is 19.8 Å². The van der Waals surface area contributed by atoms with Crippen LogP contribution in [-0.2, 0) is 16.0 Å². The fourth-order valence-electron chi connectivity index (χ4n) is 3.10. The maximum absolute atomic E-state index is 5.77. The van der Waals surface area contributed by atoms with Crippen LogP contribution in [-0.4, -0.2) is 40.5 Å². The number of ether oxygens (including phenoxy) is 2. The van der Waals surface area contributed by atoms with Crippen molar-refractivity contribution in [2.45, 2.75) is 19.6 Å². The molecule has 5 nitrogen and oxygen atoms in total. The van der Waals surface area contributed by atoms with E-state index < -0.39 is 0 Å². The minimum Gasteiger partial charge on any atom is -0.376 e. The first kappa shape index (κ1) is 14.4. The van der Waals surface area contributed by atoms with Gasteiger partial charge in [-0.1, -0.05) is 12.1 Å². The molecule has 118 valence electrons. The highest BCUT2D eigenvalue weighted by molar-refractivity contribution is 5.94. The Labute approximate surface area is 134 Å². The zero-order valence-electron chi connectivity index (χ0n) is 13.1. The normalized spacial score (nSPS) is 18.4. The van der Waals surface area contributed by atoms with Crippen molar-refractivity contribution in [2.24, 2.45) is 0 Å². The molecule has 1 aliphatic rings. The molecule has 0 saturated carbocycles. The molecule has 4 rings (SSSR count). The number of nitrogens with zero attached hydrogens (tertiary/aromatic N) is 3. The molecule has 2 aromatic heterocycles. The van der Waals surface area contributed by atoms with E-state index in [1.165, 1.54) is 5.56 Å².